The first kappa shape index (κ1) is 17.9. The van der Waals surface area contributed by atoms with Crippen LogP contribution in [0.4, 0.5) is 5.82 Å². The summed E-state index contributed by atoms with van der Waals surface area (Å²) in [6.45, 7) is 1.88. The van der Waals surface area contributed by atoms with Gasteiger partial charge in [0.25, 0.3) is 0 Å². The molecule has 1 aliphatic rings. The van der Waals surface area contributed by atoms with Crippen LogP contribution in [0, 0.1) is 6.92 Å². The van der Waals surface area contributed by atoms with Gasteiger partial charge in [0.2, 0.25) is 5.91 Å². The van der Waals surface area contributed by atoms with Gasteiger partial charge in [0.05, 0.1) is 4.90 Å². The molecule has 132 valence electrons. The van der Waals surface area contributed by atoms with E-state index in [2.05, 4.69) is 10.3 Å². The van der Waals surface area contributed by atoms with E-state index in [1.165, 1.54) is 24.3 Å². The van der Waals surface area contributed by atoms with Crippen molar-refractivity contribution in [2.24, 2.45) is 0 Å². The second-order valence-electron chi connectivity index (χ2n) is 6.33. The zero-order chi connectivity index (χ0) is 18.1. The number of pyridine rings is 1. The molecular formula is C18H19ClN2O3S. The molecule has 1 fully saturated rings. The summed E-state index contributed by atoms with van der Waals surface area (Å²) in [5.74, 6) is -0.152. The van der Waals surface area contributed by atoms with Crippen LogP contribution in [-0.4, -0.2) is 24.1 Å². The summed E-state index contributed by atoms with van der Waals surface area (Å²) in [5, 5.41) is 3.15. The SMILES string of the molecule is Cc1ccnc(NC(=O)C2(S(=O)(=O)c3ccc(Cl)cc3)CCCC2)c1. The van der Waals surface area contributed by atoms with E-state index in [0.717, 1.165) is 5.56 Å². The Morgan fingerprint density at radius 1 is 1.16 bits per heavy atom. The minimum atomic E-state index is -3.85. The summed E-state index contributed by atoms with van der Waals surface area (Å²) in [7, 11) is -3.85. The molecule has 1 aromatic carbocycles. The van der Waals surface area contributed by atoms with Gasteiger partial charge in [-0.05, 0) is 61.7 Å². The first-order valence-corrected chi connectivity index (χ1v) is 9.96. The lowest BCUT2D eigenvalue weighted by Crippen LogP contribution is -2.47. The zero-order valence-corrected chi connectivity index (χ0v) is 15.4. The molecule has 0 atom stereocenters. The van der Waals surface area contributed by atoms with Crippen molar-refractivity contribution in [3.8, 4) is 0 Å². The van der Waals surface area contributed by atoms with Crippen molar-refractivity contribution in [3.05, 3.63) is 53.2 Å². The Kier molecular flexibility index (Phi) is 4.84. The summed E-state index contributed by atoms with van der Waals surface area (Å²) in [4.78, 5) is 17.2. The van der Waals surface area contributed by atoms with Crippen molar-refractivity contribution < 1.29 is 13.2 Å². The van der Waals surface area contributed by atoms with E-state index in [1.807, 2.05) is 13.0 Å². The number of aromatic nitrogens is 1. The second-order valence-corrected chi connectivity index (χ2v) is 9.03. The van der Waals surface area contributed by atoms with Gasteiger partial charge in [-0.3, -0.25) is 4.79 Å². The molecule has 0 bridgehead atoms. The third kappa shape index (κ3) is 3.28. The molecule has 1 aliphatic carbocycles. The monoisotopic (exact) mass is 378 g/mol. The highest BCUT2D eigenvalue weighted by atomic mass is 35.5. The molecule has 0 spiro atoms. The van der Waals surface area contributed by atoms with Gasteiger partial charge < -0.3 is 5.32 Å². The normalized spacial score (nSPS) is 16.6. The van der Waals surface area contributed by atoms with Gasteiger partial charge >= 0.3 is 0 Å². The summed E-state index contributed by atoms with van der Waals surface area (Å²) >= 11 is 5.86. The highest BCUT2D eigenvalue weighted by Gasteiger charge is 2.53. The molecule has 1 saturated carbocycles. The van der Waals surface area contributed by atoms with Gasteiger partial charge in [-0.25, -0.2) is 13.4 Å². The Bertz CT molecular complexity index is 889. The van der Waals surface area contributed by atoms with Gasteiger partial charge in [-0.1, -0.05) is 24.4 Å². The Labute approximate surface area is 152 Å². The van der Waals surface area contributed by atoms with Crippen LogP contribution in [0.1, 0.15) is 31.2 Å². The Hall–Kier alpha value is -1.92. The topological polar surface area (TPSA) is 76.1 Å². The van der Waals surface area contributed by atoms with Crippen LogP contribution in [0.5, 0.6) is 0 Å². The highest BCUT2D eigenvalue weighted by Crippen LogP contribution is 2.41. The largest absolute Gasteiger partial charge is 0.309 e. The lowest BCUT2D eigenvalue weighted by atomic mass is 10.1. The van der Waals surface area contributed by atoms with E-state index in [1.54, 1.807) is 12.3 Å². The molecule has 7 heteroatoms. The minimum Gasteiger partial charge on any atom is -0.309 e. The Morgan fingerprint density at radius 2 is 1.80 bits per heavy atom. The van der Waals surface area contributed by atoms with Crippen LogP contribution in [0.25, 0.3) is 0 Å². The van der Waals surface area contributed by atoms with E-state index in [-0.39, 0.29) is 4.90 Å². The molecule has 0 radical (unpaired) electrons. The minimum absolute atomic E-state index is 0.117. The molecule has 3 rings (SSSR count). The van der Waals surface area contributed by atoms with Crippen LogP contribution in [0.15, 0.2) is 47.5 Å². The van der Waals surface area contributed by atoms with Crippen LogP contribution >= 0.6 is 11.6 Å². The molecule has 25 heavy (non-hydrogen) atoms. The number of nitrogens with zero attached hydrogens (tertiary/aromatic N) is 1. The number of nitrogens with one attached hydrogen (secondary N) is 1. The van der Waals surface area contributed by atoms with Crippen LogP contribution in [-0.2, 0) is 14.6 Å². The third-order valence-corrected chi connectivity index (χ3v) is 7.39. The van der Waals surface area contributed by atoms with Crippen molar-refractivity contribution in [1.82, 2.24) is 4.98 Å². The fourth-order valence-electron chi connectivity index (χ4n) is 3.24. The molecule has 1 amide bonds. The Balaban J connectivity index is 1.98. The lowest BCUT2D eigenvalue weighted by molar-refractivity contribution is -0.118. The predicted octanol–water partition coefficient (Wildman–Crippen LogP) is 3.77. The Morgan fingerprint density at radius 3 is 2.40 bits per heavy atom. The predicted molar refractivity (Wildman–Crippen MR) is 97.4 cm³/mol. The van der Waals surface area contributed by atoms with Crippen molar-refractivity contribution in [2.75, 3.05) is 5.32 Å². The quantitative estimate of drug-likeness (QED) is 0.878. The number of aryl methyl sites for hydroxylation is 1. The third-order valence-electron chi connectivity index (χ3n) is 4.62. The number of hydrogen-bond donors (Lipinski definition) is 1. The average molecular weight is 379 g/mol. The van der Waals surface area contributed by atoms with E-state index in [9.17, 15) is 13.2 Å². The summed E-state index contributed by atoms with van der Waals surface area (Å²) in [6.07, 6.45) is 3.58. The average Bonchev–Trinajstić information content (AvgIpc) is 3.07. The van der Waals surface area contributed by atoms with Crippen molar-refractivity contribution >= 4 is 33.2 Å². The van der Waals surface area contributed by atoms with Crippen molar-refractivity contribution in [2.45, 2.75) is 42.2 Å². The van der Waals surface area contributed by atoms with E-state index in [4.69, 9.17) is 11.6 Å². The van der Waals surface area contributed by atoms with Crippen molar-refractivity contribution in [3.63, 3.8) is 0 Å². The lowest BCUT2D eigenvalue weighted by Gasteiger charge is -2.27. The zero-order valence-electron chi connectivity index (χ0n) is 13.8. The maximum atomic E-state index is 13.2. The first-order chi connectivity index (χ1) is 11.8. The number of carbonyl (C=O) groups excluding carboxylic acids is 1. The maximum Gasteiger partial charge on any atom is 0.247 e. The molecule has 2 aromatic rings. The number of rotatable bonds is 4. The van der Waals surface area contributed by atoms with Gasteiger partial charge in [0, 0.05) is 11.2 Å². The van der Waals surface area contributed by atoms with Gasteiger partial charge in [0.15, 0.2) is 14.6 Å². The molecule has 1 N–H and O–H groups in total. The highest BCUT2D eigenvalue weighted by molar-refractivity contribution is 7.93. The summed E-state index contributed by atoms with van der Waals surface area (Å²) in [6, 6.07) is 9.49. The molecule has 5 nitrogen and oxygen atoms in total. The molecular weight excluding hydrogens is 360 g/mol. The summed E-state index contributed by atoms with van der Waals surface area (Å²) in [5.41, 5.74) is 0.936. The standard InChI is InChI=1S/C18H19ClN2O3S/c1-13-8-11-20-16(12-13)21-17(22)18(9-2-3-10-18)25(23,24)15-6-4-14(19)5-7-15/h4-8,11-12H,2-3,9-10H2,1H3,(H,20,21,22). The molecule has 0 saturated heterocycles. The maximum absolute atomic E-state index is 13.2. The number of hydrogen-bond acceptors (Lipinski definition) is 4. The molecule has 1 aromatic heterocycles. The fourth-order valence-corrected chi connectivity index (χ4v) is 5.43. The fraction of sp³-hybridized carbons (Fsp3) is 0.333. The smallest absolute Gasteiger partial charge is 0.247 e. The molecule has 1 heterocycles. The van der Waals surface area contributed by atoms with Crippen LogP contribution in [0.3, 0.4) is 0 Å². The van der Waals surface area contributed by atoms with Gasteiger partial charge in [-0.2, -0.15) is 0 Å². The van der Waals surface area contributed by atoms with Crippen LogP contribution in [0.2, 0.25) is 5.02 Å². The number of sulfone groups is 1. The second kappa shape index (κ2) is 6.77. The number of carbonyl (C=O) groups is 1. The van der Waals surface area contributed by atoms with Crippen LogP contribution < -0.4 is 5.32 Å². The molecule has 0 aliphatic heterocycles. The van der Waals surface area contributed by atoms with Gasteiger partial charge in [-0.15, -0.1) is 0 Å². The number of anilines is 1. The summed E-state index contributed by atoms with van der Waals surface area (Å²) < 4.78 is 25.0. The van der Waals surface area contributed by atoms with E-state index < -0.39 is 20.5 Å². The van der Waals surface area contributed by atoms with Crippen molar-refractivity contribution in [1.29, 1.82) is 0 Å². The van der Waals surface area contributed by atoms with Gasteiger partial charge in [0.1, 0.15) is 5.82 Å². The van der Waals surface area contributed by atoms with E-state index in [0.29, 0.717) is 36.5 Å². The van der Waals surface area contributed by atoms with E-state index >= 15 is 0 Å². The number of halogens is 1. The molecule has 0 unspecified atom stereocenters. The number of benzene rings is 1. The first-order valence-electron chi connectivity index (χ1n) is 8.09. The number of amides is 1.